The fraction of sp³-hybridized carbons (Fsp3) is 0.412. The summed E-state index contributed by atoms with van der Waals surface area (Å²) >= 11 is 5.79. The number of H-pyrrole nitrogens is 1. The second kappa shape index (κ2) is 7.23. The number of halogens is 1. The van der Waals surface area contributed by atoms with Crippen LogP contribution in [-0.2, 0) is 0 Å². The summed E-state index contributed by atoms with van der Waals surface area (Å²) in [5.74, 6) is 1.10. The maximum atomic E-state index is 12.5. The number of aromatic nitrogens is 3. The Morgan fingerprint density at radius 2 is 2.00 bits per heavy atom. The number of hydrogen-bond donors (Lipinski definition) is 1. The van der Waals surface area contributed by atoms with Crippen LogP contribution in [0.2, 0.25) is 5.02 Å². The number of aromatic amines is 1. The number of rotatable bonds is 3. The van der Waals surface area contributed by atoms with Crippen molar-refractivity contribution in [2.75, 3.05) is 13.1 Å². The molecule has 1 aliphatic heterocycles. The van der Waals surface area contributed by atoms with Crippen molar-refractivity contribution in [3.8, 4) is 5.88 Å². The predicted octanol–water partition coefficient (Wildman–Crippen LogP) is 2.12. The van der Waals surface area contributed by atoms with E-state index in [0.717, 1.165) is 5.69 Å². The Kier molecular flexibility index (Phi) is 5.03. The minimum atomic E-state index is -0.402. The van der Waals surface area contributed by atoms with Crippen LogP contribution in [0.5, 0.6) is 5.88 Å². The number of carbonyl (C=O) groups excluding carboxylic acids is 1. The zero-order valence-corrected chi connectivity index (χ0v) is 14.8. The summed E-state index contributed by atoms with van der Waals surface area (Å²) in [7, 11) is 0. The Labute approximate surface area is 150 Å². The van der Waals surface area contributed by atoms with Crippen LogP contribution in [0, 0.1) is 13.8 Å². The van der Waals surface area contributed by atoms with Gasteiger partial charge in [-0.2, -0.15) is 4.98 Å². The van der Waals surface area contributed by atoms with Crippen molar-refractivity contribution in [2.24, 2.45) is 0 Å². The summed E-state index contributed by atoms with van der Waals surface area (Å²) < 4.78 is 5.93. The fourth-order valence-electron chi connectivity index (χ4n) is 2.85. The number of hydrogen-bond acceptors (Lipinski definition) is 5. The quantitative estimate of drug-likeness (QED) is 0.903. The second-order valence-corrected chi connectivity index (χ2v) is 6.48. The van der Waals surface area contributed by atoms with E-state index in [0.29, 0.717) is 43.2 Å². The molecule has 1 fully saturated rings. The summed E-state index contributed by atoms with van der Waals surface area (Å²) in [5, 5.41) is 0.0126. The standard InChI is InChI=1S/C17H19ClN4O3/c1-10-7-15(21-11(2)20-10)25-13-3-5-22(6-4-13)17(24)12-8-14(18)16(23)19-9-12/h7-9,13H,3-6H2,1-2H3,(H,19,23). The van der Waals surface area contributed by atoms with E-state index in [1.807, 2.05) is 19.9 Å². The van der Waals surface area contributed by atoms with E-state index in [1.54, 1.807) is 4.90 Å². The average Bonchev–Trinajstić information content (AvgIpc) is 2.56. The number of aryl methyl sites for hydroxylation is 2. The number of ether oxygens (including phenoxy) is 1. The van der Waals surface area contributed by atoms with Crippen molar-refractivity contribution in [2.45, 2.75) is 32.8 Å². The van der Waals surface area contributed by atoms with Crippen LogP contribution in [0.15, 0.2) is 23.1 Å². The average molecular weight is 363 g/mol. The number of nitrogens with one attached hydrogen (secondary N) is 1. The normalized spacial score (nSPS) is 15.2. The molecule has 2 aromatic rings. The Bertz CT molecular complexity index is 824. The molecule has 0 saturated carbocycles. The van der Waals surface area contributed by atoms with E-state index in [4.69, 9.17) is 16.3 Å². The Morgan fingerprint density at radius 1 is 1.28 bits per heavy atom. The van der Waals surface area contributed by atoms with Crippen molar-refractivity contribution in [1.29, 1.82) is 0 Å². The molecule has 0 unspecified atom stereocenters. The van der Waals surface area contributed by atoms with Crippen molar-refractivity contribution in [1.82, 2.24) is 19.9 Å². The first-order valence-corrected chi connectivity index (χ1v) is 8.46. The molecular formula is C17H19ClN4O3. The summed E-state index contributed by atoms with van der Waals surface area (Å²) in [6.07, 6.45) is 2.83. The highest BCUT2D eigenvalue weighted by Gasteiger charge is 2.25. The maximum absolute atomic E-state index is 12.5. The van der Waals surface area contributed by atoms with Crippen LogP contribution in [0.3, 0.4) is 0 Å². The molecule has 0 radical (unpaired) electrons. The van der Waals surface area contributed by atoms with Gasteiger partial charge in [0.1, 0.15) is 17.0 Å². The number of nitrogens with zero attached hydrogens (tertiary/aromatic N) is 3. The minimum Gasteiger partial charge on any atom is -0.474 e. The van der Waals surface area contributed by atoms with E-state index < -0.39 is 5.56 Å². The van der Waals surface area contributed by atoms with Crippen LogP contribution >= 0.6 is 11.6 Å². The number of piperidine rings is 1. The van der Waals surface area contributed by atoms with Gasteiger partial charge in [0.15, 0.2) is 0 Å². The third-order valence-corrected chi connectivity index (χ3v) is 4.34. The number of carbonyl (C=O) groups is 1. The van der Waals surface area contributed by atoms with Gasteiger partial charge in [0.25, 0.3) is 11.5 Å². The molecule has 0 atom stereocenters. The topological polar surface area (TPSA) is 88.2 Å². The van der Waals surface area contributed by atoms with Gasteiger partial charge in [-0.25, -0.2) is 4.98 Å². The highest BCUT2D eigenvalue weighted by molar-refractivity contribution is 6.30. The highest BCUT2D eigenvalue weighted by atomic mass is 35.5. The van der Waals surface area contributed by atoms with E-state index in [1.165, 1.54) is 12.3 Å². The largest absolute Gasteiger partial charge is 0.474 e. The molecule has 1 N–H and O–H groups in total. The lowest BCUT2D eigenvalue weighted by Gasteiger charge is -2.32. The van der Waals surface area contributed by atoms with Gasteiger partial charge in [0.05, 0.1) is 5.56 Å². The van der Waals surface area contributed by atoms with Gasteiger partial charge in [0, 0.05) is 43.9 Å². The number of likely N-dealkylation sites (tertiary alicyclic amines) is 1. The van der Waals surface area contributed by atoms with E-state index in [2.05, 4.69) is 15.0 Å². The lowest BCUT2D eigenvalue weighted by atomic mass is 10.1. The smallest absolute Gasteiger partial charge is 0.266 e. The van der Waals surface area contributed by atoms with Crippen LogP contribution in [-0.4, -0.2) is 45.0 Å². The van der Waals surface area contributed by atoms with Crippen molar-refractivity contribution < 1.29 is 9.53 Å². The fourth-order valence-corrected chi connectivity index (χ4v) is 3.02. The lowest BCUT2D eigenvalue weighted by molar-refractivity contribution is 0.0587. The van der Waals surface area contributed by atoms with E-state index in [9.17, 15) is 9.59 Å². The summed E-state index contributed by atoms with van der Waals surface area (Å²) in [6, 6.07) is 3.21. The second-order valence-electron chi connectivity index (χ2n) is 6.07. The Balaban J connectivity index is 1.60. The molecule has 1 saturated heterocycles. The molecule has 0 spiro atoms. The molecule has 1 amide bonds. The zero-order valence-electron chi connectivity index (χ0n) is 14.1. The molecule has 3 heterocycles. The van der Waals surface area contributed by atoms with E-state index in [-0.39, 0.29) is 17.0 Å². The molecule has 0 bridgehead atoms. The van der Waals surface area contributed by atoms with Crippen LogP contribution in [0.25, 0.3) is 0 Å². The zero-order chi connectivity index (χ0) is 18.0. The molecule has 0 aromatic carbocycles. The molecule has 132 valence electrons. The predicted molar refractivity (Wildman–Crippen MR) is 93.1 cm³/mol. The number of amides is 1. The first-order chi connectivity index (χ1) is 11.9. The monoisotopic (exact) mass is 362 g/mol. The molecular weight excluding hydrogens is 344 g/mol. The first kappa shape index (κ1) is 17.4. The summed E-state index contributed by atoms with van der Waals surface area (Å²) in [5.41, 5.74) is 0.844. The van der Waals surface area contributed by atoms with Gasteiger partial charge in [-0.1, -0.05) is 11.6 Å². The van der Waals surface area contributed by atoms with Crippen molar-refractivity contribution >= 4 is 17.5 Å². The first-order valence-electron chi connectivity index (χ1n) is 8.09. The minimum absolute atomic E-state index is 0.0110. The maximum Gasteiger partial charge on any atom is 0.266 e. The summed E-state index contributed by atoms with van der Waals surface area (Å²) in [6.45, 7) is 4.88. The Morgan fingerprint density at radius 3 is 2.64 bits per heavy atom. The van der Waals surface area contributed by atoms with E-state index >= 15 is 0 Å². The third-order valence-electron chi connectivity index (χ3n) is 4.06. The molecule has 2 aromatic heterocycles. The molecule has 8 heteroatoms. The molecule has 25 heavy (non-hydrogen) atoms. The molecule has 0 aliphatic carbocycles. The number of pyridine rings is 1. The van der Waals surface area contributed by atoms with Crippen molar-refractivity contribution in [3.05, 3.63) is 50.8 Å². The lowest BCUT2D eigenvalue weighted by Crippen LogP contribution is -2.42. The van der Waals surface area contributed by atoms with Gasteiger partial charge >= 0.3 is 0 Å². The van der Waals surface area contributed by atoms with Gasteiger partial charge in [0.2, 0.25) is 5.88 Å². The highest BCUT2D eigenvalue weighted by Crippen LogP contribution is 2.19. The van der Waals surface area contributed by atoms with Crippen molar-refractivity contribution in [3.63, 3.8) is 0 Å². The van der Waals surface area contributed by atoms with Gasteiger partial charge in [-0.05, 0) is 19.9 Å². The molecule has 1 aliphatic rings. The summed E-state index contributed by atoms with van der Waals surface area (Å²) in [4.78, 5) is 36.5. The Hall–Kier alpha value is -2.41. The van der Waals surface area contributed by atoms with Gasteiger partial charge in [-0.15, -0.1) is 0 Å². The van der Waals surface area contributed by atoms with Crippen LogP contribution in [0.4, 0.5) is 0 Å². The third kappa shape index (κ3) is 4.17. The van der Waals surface area contributed by atoms with Crippen LogP contribution in [0.1, 0.15) is 34.7 Å². The van der Waals surface area contributed by atoms with Gasteiger partial charge < -0.3 is 14.6 Å². The van der Waals surface area contributed by atoms with Crippen LogP contribution < -0.4 is 10.3 Å². The SMILES string of the molecule is Cc1cc(OC2CCN(C(=O)c3c[nH]c(=O)c(Cl)c3)CC2)nc(C)n1. The molecule has 3 rings (SSSR count). The molecule has 7 nitrogen and oxygen atoms in total. The van der Waals surface area contributed by atoms with Gasteiger partial charge in [-0.3, -0.25) is 9.59 Å².